The van der Waals surface area contributed by atoms with E-state index in [0.29, 0.717) is 29.3 Å². The number of carboxylic acids is 1. The van der Waals surface area contributed by atoms with Crippen LogP contribution < -0.4 is 10.6 Å². The molecule has 10 heteroatoms. The number of nitrogens with zero attached hydrogens (tertiary/aromatic N) is 3. The van der Waals surface area contributed by atoms with Crippen LogP contribution >= 0.6 is 11.6 Å². The number of pyridine rings is 1. The zero-order valence-electron chi connectivity index (χ0n) is 27.8. The number of hydrogen-bond acceptors (Lipinski definition) is 7. The monoisotopic (exact) mass is 647 g/mol. The second kappa shape index (κ2) is 19.0. The van der Waals surface area contributed by atoms with E-state index >= 15 is 0 Å². The summed E-state index contributed by atoms with van der Waals surface area (Å²) in [6, 6.07) is 12.1. The number of aryl methyl sites for hydroxylation is 1. The maximum Gasteiger partial charge on any atom is 0.339 e. The van der Waals surface area contributed by atoms with Gasteiger partial charge in [0.15, 0.2) is 0 Å². The lowest BCUT2D eigenvalue weighted by atomic mass is 9.88. The number of likely N-dealkylation sites (N-methyl/N-ethyl adjacent to an activating group) is 1. The lowest BCUT2D eigenvalue weighted by molar-refractivity contribution is -0.108. The van der Waals surface area contributed by atoms with Crippen LogP contribution in [0.3, 0.4) is 0 Å². The second-order valence-electron chi connectivity index (χ2n) is 10.2. The molecule has 2 heterocycles. The molecule has 1 fully saturated rings. The van der Waals surface area contributed by atoms with E-state index < -0.39 is 5.97 Å². The lowest BCUT2D eigenvalue weighted by Gasteiger charge is -2.32. The summed E-state index contributed by atoms with van der Waals surface area (Å²) in [4.78, 5) is 26.5. The van der Waals surface area contributed by atoms with Gasteiger partial charge in [0, 0.05) is 31.5 Å². The summed E-state index contributed by atoms with van der Waals surface area (Å²) >= 11 is 5.80. The van der Waals surface area contributed by atoms with Crippen molar-refractivity contribution in [2.75, 3.05) is 18.9 Å². The molecule has 246 valence electrons. The standard InChI is InChI=1S/C24H23N3O4.C7H9ClN2.C3H8.C2H6/c1-2-27-23(15-5-3-6-15)21(25-14-28)13-20(26-27)18-8-4-7-16(11-18)17-9-10-22(29)19(12-17)24(30)31;1-5-3-10-4-6(8)7(5)9-2;1-3-2;1-2/h4,7-14,29H,2-3,5-6H2,1H3,(H,25,28)(H,30,31);3-4H,1-2H3,(H,9,10);3H2,1-2H3;1-2H3. The normalized spacial score (nSPS) is 13.2. The van der Waals surface area contributed by atoms with Crippen molar-refractivity contribution in [2.45, 2.75) is 67.2 Å². The third-order valence-corrected chi connectivity index (χ3v) is 7.17. The van der Waals surface area contributed by atoms with Crippen LogP contribution in [0.2, 0.25) is 5.02 Å². The van der Waals surface area contributed by atoms with Crippen molar-refractivity contribution in [1.29, 1.82) is 0 Å². The third kappa shape index (κ3) is 9.68. The molecule has 0 radical (unpaired) electrons. The smallest absolute Gasteiger partial charge is 0.339 e. The van der Waals surface area contributed by atoms with E-state index in [-0.39, 0.29) is 11.3 Å². The van der Waals surface area contributed by atoms with E-state index in [0.717, 1.165) is 53.0 Å². The highest BCUT2D eigenvalue weighted by Gasteiger charge is 2.26. The van der Waals surface area contributed by atoms with Gasteiger partial charge >= 0.3 is 5.97 Å². The topological polar surface area (TPSA) is 127 Å². The number of carbonyl (C=O) groups excluding carboxylic acids is 1. The minimum Gasteiger partial charge on any atom is -0.507 e. The number of allylic oxidation sites excluding steroid dienone is 2. The number of nitrogens with one attached hydrogen (secondary N) is 2. The van der Waals surface area contributed by atoms with Crippen LogP contribution in [-0.2, 0) is 4.79 Å². The van der Waals surface area contributed by atoms with Gasteiger partial charge in [-0.1, -0.05) is 70.0 Å². The van der Waals surface area contributed by atoms with Gasteiger partial charge in [-0.15, -0.1) is 0 Å². The molecule has 1 aromatic heterocycles. The van der Waals surface area contributed by atoms with Crippen molar-refractivity contribution in [1.82, 2.24) is 15.3 Å². The van der Waals surface area contributed by atoms with Gasteiger partial charge < -0.3 is 20.8 Å². The van der Waals surface area contributed by atoms with Crippen LogP contribution in [0.15, 0.2) is 83.0 Å². The summed E-state index contributed by atoms with van der Waals surface area (Å²) in [5.74, 6) is -1.46. The summed E-state index contributed by atoms with van der Waals surface area (Å²) in [6.45, 7) is 12.9. The SMILES string of the molecule is CC.CCC.CCN1N=C(c2cccc(-c3ccc(O)c(C(=O)O)c3)c2)C=C(NC=O)C1=C1CCC1.CNc1c(C)cncc1Cl. The van der Waals surface area contributed by atoms with Crippen LogP contribution in [0.25, 0.3) is 11.1 Å². The molecule has 9 nitrogen and oxygen atoms in total. The molecule has 1 aliphatic carbocycles. The summed E-state index contributed by atoms with van der Waals surface area (Å²) < 4.78 is 0. The van der Waals surface area contributed by atoms with Crippen molar-refractivity contribution < 1.29 is 19.8 Å². The molecule has 1 amide bonds. The number of hydrogen-bond donors (Lipinski definition) is 4. The van der Waals surface area contributed by atoms with Crippen molar-refractivity contribution in [2.24, 2.45) is 5.10 Å². The Morgan fingerprint density at radius 1 is 1.04 bits per heavy atom. The Morgan fingerprint density at radius 3 is 2.22 bits per heavy atom. The van der Waals surface area contributed by atoms with Crippen LogP contribution in [0.4, 0.5) is 5.69 Å². The predicted molar refractivity (Wildman–Crippen MR) is 188 cm³/mol. The van der Waals surface area contributed by atoms with Gasteiger partial charge in [0.25, 0.3) is 0 Å². The highest BCUT2D eigenvalue weighted by Crippen LogP contribution is 2.35. The highest BCUT2D eigenvalue weighted by atomic mass is 35.5. The number of aromatic hydroxyl groups is 1. The first-order chi connectivity index (χ1) is 22.2. The summed E-state index contributed by atoms with van der Waals surface area (Å²) in [5.41, 5.74) is 7.89. The van der Waals surface area contributed by atoms with Gasteiger partial charge in [-0.3, -0.25) is 14.8 Å². The molecule has 4 N–H and O–H groups in total. The summed E-state index contributed by atoms with van der Waals surface area (Å²) in [5, 5.41) is 32.3. The maximum absolute atomic E-state index is 11.4. The van der Waals surface area contributed by atoms with Crippen LogP contribution in [0.1, 0.15) is 81.8 Å². The third-order valence-electron chi connectivity index (χ3n) is 6.89. The second-order valence-corrected chi connectivity index (χ2v) is 10.6. The van der Waals surface area contributed by atoms with Crippen molar-refractivity contribution in [3.8, 4) is 16.9 Å². The molecule has 2 aromatic carbocycles. The first kappa shape index (κ1) is 37.6. The molecule has 0 spiro atoms. The Labute approximate surface area is 277 Å². The average molecular weight is 648 g/mol. The Hall–Kier alpha value is -4.63. The minimum atomic E-state index is -1.19. The average Bonchev–Trinajstić information content (AvgIpc) is 3.03. The molecule has 0 bridgehead atoms. The zero-order chi connectivity index (χ0) is 34.2. The molecule has 46 heavy (non-hydrogen) atoms. The Kier molecular flexibility index (Phi) is 15.5. The molecule has 5 rings (SSSR count). The minimum absolute atomic E-state index is 0.149. The fourth-order valence-electron chi connectivity index (χ4n) is 4.65. The molecular formula is C36H46ClN5O4. The zero-order valence-corrected chi connectivity index (χ0v) is 28.6. The predicted octanol–water partition coefficient (Wildman–Crippen LogP) is 8.39. The van der Waals surface area contributed by atoms with Crippen LogP contribution in [-0.4, -0.2) is 51.9 Å². The van der Waals surface area contributed by atoms with E-state index in [9.17, 15) is 19.8 Å². The number of aromatic nitrogens is 1. The number of anilines is 1. The van der Waals surface area contributed by atoms with Gasteiger partial charge in [-0.2, -0.15) is 5.10 Å². The Balaban J connectivity index is 0.000000409. The van der Waals surface area contributed by atoms with Crippen molar-refractivity contribution in [3.05, 3.63) is 99.6 Å². The number of carbonyl (C=O) groups is 2. The van der Waals surface area contributed by atoms with E-state index in [1.54, 1.807) is 18.5 Å². The molecule has 2 aliphatic rings. The Morgan fingerprint density at radius 2 is 1.70 bits per heavy atom. The molecule has 0 unspecified atom stereocenters. The number of phenols is 1. The van der Waals surface area contributed by atoms with Crippen LogP contribution in [0.5, 0.6) is 5.75 Å². The molecule has 0 saturated heterocycles. The van der Waals surface area contributed by atoms with Gasteiger partial charge in [-0.25, -0.2) is 4.79 Å². The van der Waals surface area contributed by atoms with E-state index in [2.05, 4.69) is 29.5 Å². The molecule has 0 atom stereocenters. The number of rotatable bonds is 7. The van der Waals surface area contributed by atoms with Gasteiger partial charge in [-0.05, 0) is 79.6 Å². The number of hydrazone groups is 1. The molecule has 3 aromatic rings. The van der Waals surface area contributed by atoms with Crippen LogP contribution in [0, 0.1) is 6.92 Å². The van der Waals surface area contributed by atoms with E-state index in [4.69, 9.17) is 16.7 Å². The first-order valence-corrected chi connectivity index (χ1v) is 16.0. The fraction of sp³-hybridized carbons (Fsp3) is 0.333. The Bertz CT molecular complexity index is 1560. The van der Waals surface area contributed by atoms with Gasteiger partial charge in [0.05, 0.1) is 27.8 Å². The largest absolute Gasteiger partial charge is 0.507 e. The molecule has 1 saturated carbocycles. The molecule has 1 aliphatic heterocycles. The quantitative estimate of drug-likeness (QED) is 0.190. The van der Waals surface area contributed by atoms with Gasteiger partial charge in [0.2, 0.25) is 6.41 Å². The summed E-state index contributed by atoms with van der Waals surface area (Å²) in [7, 11) is 1.84. The van der Waals surface area contributed by atoms with E-state index in [1.807, 2.05) is 70.1 Å². The maximum atomic E-state index is 11.4. The first-order valence-electron chi connectivity index (χ1n) is 15.6. The van der Waals surface area contributed by atoms with E-state index in [1.165, 1.54) is 24.1 Å². The molecular weight excluding hydrogens is 602 g/mol. The number of aromatic carboxylic acids is 1. The van der Waals surface area contributed by atoms with Crippen molar-refractivity contribution in [3.63, 3.8) is 0 Å². The fourth-order valence-corrected chi connectivity index (χ4v) is 4.95. The van der Waals surface area contributed by atoms with Crippen molar-refractivity contribution >= 4 is 35.4 Å². The summed E-state index contributed by atoms with van der Waals surface area (Å²) in [6.07, 6.45) is 10.4. The highest BCUT2D eigenvalue weighted by molar-refractivity contribution is 6.33. The van der Waals surface area contributed by atoms with Gasteiger partial charge in [0.1, 0.15) is 11.3 Å². The number of amides is 1. The number of carboxylic acid groups (broad SMARTS) is 1. The lowest BCUT2D eigenvalue weighted by Crippen LogP contribution is -2.32. The number of halogens is 1. The number of benzene rings is 2.